The molecule has 4 rings (SSSR count). The van der Waals surface area contributed by atoms with Crippen LogP contribution in [-0.4, -0.2) is 38.3 Å². The molecule has 1 saturated heterocycles. The molecule has 7 nitrogen and oxygen atoms in total. The molecule has 2 fully saturated rings. The number of nitriles is 1. The van der Waals surface area contributed by atoms with Crippen LogP contribution in [0.2, 0.25) is 0 Å². The number of anilines is 1. The number of piperidine rings is 1. The number of sulfonamides is 1. The Balaban J connectivity index is 1.29. The van der Waals surface area contributed by atoms with Crippen molar-refractivity contribution in [2.75, 3.05) is 25.0 Å². The summed E-state index contributed by atoms with van der Waals surface area (Å²) in [5.41, 5.74) is 1.26. The van der Waals surface area contributed by atoms with Crippen LogP contribution in [0, 0.1) is 17.2 Å². The third kappa shape index (κ3) is 4.79. The summed E-state index contributed by atoms with van der Waals surface area (Å²) in [4.78, 5) is 12.4. The third-order valence-corrected chi connectivity index (χ3v) is 8.17. The molecule has 0 bridgehead atoms. The average Bonchev–Trinajstić information content (AvgIpc) is 3.60. The van der Waals surface area contributed by atoms with E-state index in [4.69, 9.17) is 4.74 Å². The molecular weight excluding hydrogens is 426 g/mol. The van der Waals surface area contributed by atoms with Crippen LogP contribution in [0.15, 0.2) is 53.4 Å². The minimum absolute atomic E-state index is 0.194. The minimum atomic E-state index is -3.51. The summed E-state index contributed by atoms with van der Waals surface area (Å²) in [7, 11) is -3.51. The normalized spacial score (nSPS) is 18.5. The predicted octanol–water partition coefficient (Wildman–Crippen LogP) is 3.68. The highest BCUT2D eigenvalue weighted by atomic mass is 32.2. The molecule has 8 heteroatoms. The third-order valence-electron chi connectivity index (χ3n) is 6.26. The molecule has 1 saturated carbocycles. The van der Waals surface area contributed by atoms with Gasteiger partial charge in [0.2, 0.25) is 10.0 Å². The Kier molecular flexibility index (Phi) is 6.22. The van der Waals surface area contributed by atoms with Gasteiger partial charge < -0.3 is 10.1 Å². The van der Waals surface area contributed by atoms with E-state index in [9.17, 15) is 18.5 Å². The van der Waals surface area contributed by atoms with Gasteiger partial charge in [-0.3, -0.25) is 4.79 Å². The fraction of sp³-hybridized carbons (Fsp3) is 0.417. The Morgan fingerprint density at radius 1 is 1.12 bits per heavy atom. The summed E-state index contributed by atoms with van der Waals surface area (Å²) in [6, 6.07) is 15.8. The highest BCUT2D eigenvalue weighted by Gasteiger charge is 2.44. The maximum atomic E-state index is 12.8. The zero-order chi connectivity index (χ0) is 22.8. The van der Waals surface area contributed by atoms with Gasteiger partial charge in [0.05, 0.1) is 16.4 Å². The Labute approximate surface area is 189 Å². The van der Waals surface area contributed by atoms with Crippen molar-refractivity contribution in [2.24, 2.45) is 5.92 Å². The van der Waals surface area contributed by atoms with Crippen molar-refractivity contribution < 1.29 is 17.9 Å². The Bertz CT molecular complexity index is 1110. The van der Waals surface area contributed by atoms with E-state index in [1.807, 2.05) is 12.1 Å². The standard InChI is InChI=1S/C24H27N3O4S/c1-18-10-14-27(15-11-18)32(29,30)22-8-6-21(7-9-22)31-16-23(28)26-20-4-2-19(3-5-20)24(17-25)12-13-24/h2-9,18H,10-16H2,1H3,(H,26,28). The first-order chi connectivity index (χ1) is 15.3. The molecule has 0 unspecified atom stereocenters. The second-order valence-electron chi connectivity index (χ2n) is 8.67. The van der Waals surface area contributed by atoms with Gasteiger partial charge in [-0.2, -0.15) is 9.57 Å². The second kappa shape index (κ2) is 8.93. The van der Waals surface area contributed by atoms with Crippen molar-refractivity contribution in [1.29, 1.82) is 5.26 Å². The van der Waals surface area contributed by atoms with E-state index in [2.05, 4.69) is 18.3 Å². The molecule has 2 aliphatic rings. The van der Waals surface area contributed by atoms with Crippen LogP contribution in [0.25, 0.3) is 0 Å². The summed E-state index contributed by atoms with van der Waals surface area (Å²) in [6.45, 7) is 3.03. The lowest BCUT2D eigenvalue weighted by molar-refractivity contribution is -0.118. The molecule has 32 heavy (non-hydrogen) atoms. The summed E-state index contributed by atoms with van der Waals surface area (Å²) in [5.74, 6) is 0.651. The number of nitrogens with zero attached hydrogens (tertiary/aromatic N) is 2. The molecule has 2 aromatic rings. The second-order valence-corrected chi connectivity index (χ2v) is 10.6. The number of amides is 1. The van der Waals surface area contributed by atoms with E-state index in [1.165, 1.54) is 16.4 Å². The number of rotatable bonds is 7. The molecule has 2 aromatic carbocycles. The SMILES string of the molecule is CC1CCN(S(=O)(=O)c2ccc(OCC(=O)Nc3ccc(C4(C#N)CC4)cc3)cc2)CC1. The van der Waals surface area contributed by atoms with Gasteiger partial charge in [-0.1, -0.05) is 19.1 Å². The molecule has 1 aliphatic carbocycles. The van der Waals surface area contributed by atoms with E-state index in [0.717, 1.165) is 31.2 Å². The van der Waals surface area contributed by atoms with E-state index in [1.54, 1.807) is 24.3 Å². The smallest absolute Gasteiger partial charge is 0.262 e. The average molecular weight is 454 g/mol. The van der Waals surface area contributed by atoms with Crippen LogP contribution < -0.4 is 10.1 Å². The van der Waals surface area contributed by atoms with Crippen molar-refractivity contribution >= 4 is 21.6 Å². The molecule has 0 atom stereocenters. The highest BCUT2D eigenvalue weighted by molar-refractivity contribution is 7.89. The van der Waals surface area contributed by atoms with E-state index in [-0.39, 0.29) is 22.8 Å². The largest absolute Gasteiger partial charge is 0.484 e. The van der Waals surface area contributed by atoms with Crippen molar-refractivity contribution in [3.05, 3.63) is 54.1 Å². The first-order valence-electron chi connectivity index (χ1n) is 10.9. The van der Waals surface area contributed by atoms with Crippen LogP contribution in [-0.2, 0) is 20.2 Å². The van der Waals surface area contributed by atoms with Gasteiger partial charge in [0, 0.05) is 18.8 Å². The minimum Gasteiger partial charge on any atom is -0.484 e. The van der Waals surface area contributed by atoms with E-state index in [0.29, 0.717) is 30.4 Å². The van der Waals surface area contributed by atoms with Gasteiger partial charge in [-0.25, -0.2) is 8.42 Å². The summed E-state index contributed by atoms with van der Waals surface area (Å²) < 4.78 is 32.6. The molecule has 168 valence electrons. The Hall–Kier alpha value is -2.89. The fourth-order valence-corrected chi connectivity index (χ4v) is 5.36. The van der Waals surface area contributed by atoms with Crippen LogP contribution >= 0.6 is 0 Å². The lowest BCUT2D eigenvalue weighted by Crippen LogP contribution is -2.37. The Morgan fingerprint density at radius 3 is 2.31 bits per heavy atom. The number of hydrogen-bond donors (Lipinski definition) is 1. The molecule has 0 aromatic heterocycles. The number of ether oxygens (including phenoxy) is 1. The van der Waals surface area contributed by atoms with Crippen molar-refractivity contribution in [1.82, 2.24) is 4.31 Å². The van der Waals surface area contributed by atoms with Crippen LogP contribution in [0.3, 0.4) is 0 Å². The van der Waals surface area contributed by atoms with Gasteiger partial charge >= 0.3 is 0 Å². The first kappa shape index (κ1) is 22.3. The molecule has 1 aliphatic heterocycles. The molecule has 1 heterocycles. The topological polar surface area (TPSA) is 99.5 Å². The lowest BCUT2D eigenvalue weighted by atomic mass is 9.98. The molecule has 1 amide bonds. The maximum Gasteiger partial charge on any atom is 0.262 e. The number of nitrogens with one attached hydrogen (secondary N) is 1. The van der Waals surface area contributed by atoms with Gasteiger partial charge in [-0.05, 0) is 73.6 Å². The maximum absolute atomic E-state index is 12.8. The van der Waals surface area contributed by atoms with Crippen molar-refractivity contribution in [3.8, 4) is 11.8 Å². The van der Waals surface area contributed by atoms with Crippen LogP contribution in [0.1, 0.15) is 38.2 Å². The predicted molar refractivity (Wildman–Crippen MR) is 121 cm³/mol. The van der Waals surface area contributed by atoms with Gasteiger partial charge in [0.1, 0.15) is 5.75 Å². The number of carbonyl (C=O) groups is 1. The summed E-state index contributed by atoms with van der Waals surface area (Å²) >= 11 is 0. The summed E-state index contributed by atoms with van der Waals surface area (Å²) in [5, 5.41) is 12.0. The van der Waals surface area contributed by atoms with Crippen LogP contribution in [0.4, 0.5) is 5.69 Å². The number of benzene rings is 2. The van der Waals surface area contributed by atoms with Crippen molar-refractivity contribution in [3.63, 3.8) is 0 Å². The van der Waals surface area contributed by atoms with E-state index >= 15 is 0 Å². The van der Waals surface area contributed by atoms with E-state index < -0.39 is 10.0 Å². The lowest BCUT2D eigenvalue weighted by Gasteiger charge is -2.29. The summed E-state index contributed by atoms with van der Waals surface area (Å²) in [6.07, 6.45) is 3.50. The molecule has 1 N–H and O–H groups in total. The highest BCUT2D eigenvalue weighted by Crippen LogP contribution is 2.47. The molecule has 0 radical (unpaired) electrons. The fourth-order valence-electron chi connectivity index (χ4n) is 3.89. The first-order valence-corrected chi connectivity index (χ1v) is 12.3. The number of carbonyl (C=O) groups excluding carboxylic acids is 1. The number of hydrogen-bond acceptors (Lipinski definition) is 5. The zero-order valence-electron chi connectivity index (χ0n) is 18.1. The molecule has 0 spiro atoms. The zero-order valence-corrected chi connectivity index (χ0v) is 18.9. The monoisotopic (exact) mass is 453 g/mol. The van der Waals surface area contributed by atoms with Gasteiger partial charge in [0.25, 0.3) is 5.91 Å². The quantitative estimate of drug-likeness (QED) is 0.689. The van der Waals surface area contributed by atoms with Gasteiger partial charge in [0.15, 0.2) is 6.61 Å². The molecular formula is C24H27N3O4S. The Morgan fingerprint density at radius 2 is 1.75 bits per heavy atom. The van der Waals surface area contributed by atoms with Crippen molar-refractivity contribution in [2.45, 2.75) is 42.9 Å². The van der Waals surface area contributed by atoms with Crippen LogP contribution in [0.5, 0.6) is 5.75 Å². The van der Waals surface area contributed by atoms with Gasteiger partial charge in [-0.15, -0.1) is 0 Å².